The van der Waals surface area contributed by atoms with Crippen LogP contribution in [0.15, 0.2) is 18.2 Å². The number of nitrogens with zero attached hydrogens (tertiary/aromatic N) is 1. The molecular formula is C16H23ClN2. The van der Waals surface area contributed by atoms with Crippen LogP contribution in [0.25, 0.3) is 0 Å². The van der Waals surface area contributed by atoms with E-state index in [0.717, 1.165) is 24.9 Å². The average Bonchev–Trinajstić information content (AvgIpc) is 3.01. The molecule has 1 aromatic rings. The third-order valence-electron chi connectivity index (χ3n) is 5.13. The summed E-state index contributed by atoms with van der Waals surface area (Å²) >= 11 is 0. The second kappa shape index (κ2) is 5.34. The number of hydrogen-bond donors (Lipinski definition) is 1. The van der Waals surface area contributed by atoms with Gasteiger partial charge in [0, 0.05) is 31.9 Å². The lowest BCUT2D eigenvalue weighted by Gasteiger charge is -2.19. The van der Waals surface area contributed by atoms with Crippen molar-refractivity contribution >= 4 is 18.1 Å². The summed E-state index contributed by atoms with van der Waals surface area (Å²) in [5.74, 6) is 2.02. The van der Waals surface area contributed by atoms with Gasteiger partial charge in [0.2, 0.25) is 0 Å². The third-order valence-corrected chi connectivity index (χ3v) is 5.13. The minimum Gasteiger partial charge on any atom is -0.384 e. The summed E-state index contributed by atoms with van der Waals surface area (Å²) in [7, 11) is 0. The molecule has 2 fully saturated rings. The fourth-order valence-electron chi connectivity index (χ4n) is 4.24. The highest BCUT2D eigenvalue weighted by atomic mass is 35.5. The molecule has 2 atom stereocenters. The molecule has 3 aliphatic rings. The van der Waals surface area contributed by atoms with Gasteiger partial charge >= 0.3 is 0 Å². The monoisotopic (exact) mass is 278 g/mol. The molecule has 3 heteroatoms. The molecule has 0 spiro atoms. The topological polar surface area (TPSA) is 15.3 Å². The summed E-state index contributed by atoms with van der Waals surface area (Å²) in [6.07, 6.45) is 5.64. The standard InChI is InChI=1S/C16H22N2.ClH/c1-3-12-7-8-17-16(12)15(6-1)11-18-9-13-4-2-5-14(13)10-18;/h1,3,6,13-14,17H,2,4-5,7-11H2;1H. The highest BCUT2D eigenvalue weighted by Gasteiger charge is 2.36. The van der Waals surface area contributed by atoms with Crippen molar-refractivity contribution in [3.8, 4) is 0 Å². The van der Waals surface area contributed by atoms with Gasteiger partial charge in [-0.2, -0.15) is 0 Å². The van der Waals surface area contributed by atoms with Gasteiger partial charge in [-0.15, -0.1) is 12.4 Å². The Balaban J connectivity index is 0.00000110. The Labute approximate surface area is 122 Å². The summed E-state index contributed by atoms with van der Waals surface area (Å²) < 4.78 is 0. The number of nitrogens with one attached hydrogen (secondary N) is 1. The summed E-state index contributed by atoms with van der Waals surface area (Å²) in [4.78, 5) is 2.68. The van der Waals surface area contributed by atoms with Crippen molar-refractivity contribution in [2.75, 3.05) is 25.0 Å². The van der Waals surface area contributed by atoms with Gasteiger partial charge in [-0.1, -0.05) is 24.6 Å². The predicted molar refractivity (Wildman–Crippen MR) is 82.0 cm³/mol. The van der Waals surface area contributed by atoms with Gasteiger partial charge in [-0.3, -0.25) is 4.90 Å². The highest BCUT2D eigenvalue weighted by Crippen LogP contribution is 2.39. The first kappa shape index (κ1) is 13.3. The molecule has 0 radical (unpaired) electrons. The molecule has 2 heterocycles. The van der Waals surface area contributed by atoms with Crippen molar-refractivity contribution in [1.29, 1.82) is 0 Å². The zero-order valence-electron chi connectivity index (χ0n) is 11.4. The van der Waals surface area contributed by atoms with Crippen LogP contribution in [0, 0.1) is 11.8 Å². The second-order valence-electron chi connectivity index (χ2n) is 6.27. The molecule has 1 saturated heterocycles. The molecule has 1 aliphatic carbocycles. The van der Waals surface area contributed by atoms with Crippen LogP contribution < -0.4 is 5.32 Å². The number of hydrogen-bond acceptors (Lipinski definition) is 2. The summed E-state index contributed by atoms with van der Waals surface area (Å²) in [5, 5.41) is 3.57. The first-order valence-electron chi connectivity index (χ1n) is 7.47. The van der Waals surface area contributed by atoms with Crippen LogP contribution >= 0.6 is 12.4 Å². The number of fused-ring (bicyclic) bond motifs is 2. The molecule has 2 aliphatic heterocycles. The zero-order valence-corrected chi connectivity index (χ0v) is 12.2. The second-order valence-corrected chi connectivity index (χ2v) is 6.27. The van der Waals surface area contributed by atoms with Crippen molar-refractivity contribution < 1.29 is 0 Å². The predicted octanol–water partition coefficient (Wildman–Crippen LogP) is 3.31. The van der Waals surface area contributed by atoms with Crippen LogP contribution in [0.1, 0.15) is 30.4 Å². The summed E-state index contributed by atoms with van der Waals surface area (Å²) in [6, 6.07) is 6.82. The lowest BCUT2D eigenvalue weighted by Crippen LogP contribution is -2.21. The Bertz CT molecular complexity index is 448. The van der Waals surface area contributed by atoms with E-state index < -0.39 is 0 Å². The van der Waals surface area contributed by atoms with Crippen molar-refractivity contribution in [3.63, 3.8) is 0 Å². The molecule has 2 unspecified atom stereocenters. The van der Waals surface area contributed by atoms with Gasteiger partial charge in [-0.25, -0.2) is 0 Å². The maximum atomic E-state index is 3.57. The lowest BCUT2D eigenvalue weighted by atomic mass is 10.0. The molecular weight excluding hydrogens is 256 g/mol. The van der Waals surface area contributed by atoms with E-state index in [-0.39, 0.29) is 12.4 Å². The van der Waals surface area contributed by atoms with E-state index in [9.17, 15) is 0 Å². The Morgan fingerprint density at radius 3 is 2.74 bits per heavy atom. The third kappa shape index (κ3) is 2.36. The first-order chi connectivity index (χ1) is 8.90. The minimum absolute atomic E-state index is 0. The zero-order chi connectivity index (χ0) is 11.9. The molecule has 104 valence electrons. The number of benzene rings is 1. The van der Waals surface area contributed by atoms with Gasteiger partial charge in [-0.05, 0) is 42.2 Å². The Hall–Kier alpha value is -0.730. The van der Waals surface area contributed by atoms with Gasteiger partial charge in [0.1, 0.15) is 0 Å². The quantitative estimate of drug-likeness (QED) is 0.893. The largest absolute Gasteiger partial charge is 0.384 e. The van der Waals surface area contributed by atoms with E-state index in [0.29, 0.717) is 0 Å². The van der Waals surface area contributed by atoms with Crippen molar-refractivity contribution in [2.45, 2.75) is 32.2 Å². The van der Waals surface area contributed by atoms with Crippen LogP contribution in [0.4, 0.5) is 5.69 Å². The molecule has 2 nitrogen and oxygen atoms in total. The summed E-state index contributed by atoms with van der Waals surface area (Å²) in [5.41, 5.74) is 4.48. The lowest BCUT2D eigenvalue weighted by molar-refractivity contribution is 0.304. The maximum Gasteiger partial charge on any atom is 0.0419 e. The molecule has 4 rings (SSSR count). The fraction of sp³-hybridized carbons (Fsp3) is 0.625. The van der Waals surface area contributed by atoms with E-state index in [1.807, 2.05) is 0 Å². The van der Waals surface area contributed by atoms with E-state index >= 15 is 0 Å². The number of likely N-dealkylation sites (tertiary alicyclic amines) is 1. The first-order valence-corrected chi connectivity index (χ1v) is 7.47. The Morgan fingerprint density at radius 1 is 1.16 bits per heavy atom. The van der Waals surface area contributed by atoms with Crippen LogP contribution in [-0.2, 0) is 13.0 Å². The maximum absolute atomic E-state index is 3.57. The van der Waals surface area contributed by atoms with Gasteiger partial charge < -0.3 is 5.32 Å². The van der Waals surface area contributed by atoms with Crippen LogP contribution in [0.2, 0.25) is 0 Å². The number of rotatable bonds is 2. The molecule has 0 amide bonds. The smallest absolute Gasteiger partial charge is 0.0419 e. The van der Waals surface area contributed by atoms with Gasteiger partial charge in [0.15, 0.2) is 0 Å². The van der Waals surface area contributed by atoms with Gasteiger partial charge in [0.25, 0.3) is 0 Å². The Morgan fingerprint density at radius 2 is 1.95 bits per heavy atom. The molecule has 1 N–H and O–H groups in total. The van der Waals surface area contributed by atoms with Gasteiger partial charge in [0.05, 0.1) is 0 Å². The molecule has 0 aromatic heterocycles. The molecule has 19 heavy (non-hydrogen) atoms. The number of anilines is 1. The van der Waals surface area contributed by atoms with E-state index in [4.69, 9.17) is 0 Å². The van der Waals surface area contributed by atoms with Crippen molar-refractivity contribution in [2.24, 2.45) is 11.8 Å². The molecule has 0 bridgehead atoms. The minimum atomic E-state index is 0. The van der Waals surface area contributed by atoms with Crippen LogP contribution in [0.5, 0.6) is 0 Å². The Kier molecular flexibility index (Phi) is 3.72. The highest BCUT2D eigenvalue weighted by molar-refractivity contribution is 5.85. The summed E-state index contributed by atoms with van der Waals surface area (Å²) in [6.45, 7) is 4.96. The SMILES string of the molecule is Cl.c1cc2c(c(CN3CC4CCCC4C3)c1)NCC2. The average molecular weight is 279 g/mol. The van der Waals surface area contributed by atoms with E-state index in [1.54, 1.807) is 0 Å². The molecule has 1 aromatic carbocycles. The normalized spacial score (nSPS) is 28.6. The van der Waals surface area contributed by atoms with Crippen LogP contribution in [-0.4, -0.2) is 24.5 Å². The molecule has 1 saturated carbocycles. The van der Waals surface area contributed by atoms with E-state index in [1.165, 1.54) is 55.6 Å². The number of halogens is 1. The number of para-hydroxylation sites is 1. The van der Waals surface area contributed by atoms with Crippen molar-refractivity contribution in [3.05, 3.63) is 29.3 Å². The van der Waals surface area contributed by atoms with E-state index in [2.05, 4.69) is 28.4 Å². The fourth-order valence-corrected chi connectivity index (χ4v) is 4.24. The van der Waals surface area contributed by atoms with Crippen molar-refractivity contribution in [1.82, 2.24) is 4.90 Å². The van der Waals surface area contributed by atoms with Crippen LogP contribution in [0.3, 0.4) is 0 Å².